The van der Waals surface area contributed by atoms with E-state index in [9.17, 15) is 13.6 Å². The molecule has 106 valence electrons. The van der Waals surface area contributed by atoms with Crippen LogP contribution in [0.5, 0.6) is 0 Å². The lowest BCUT2D eigenvalue weighted by atomic mass is 10.1. The molecule has 0 spiro atoms. The average Bonchev–Trinajstić information content (AvgIpc) is 2.48. The van der Waals surface area contributed by atoms with Crippen LogP contribution in [0.4, 0.5) is 8.78 Å². The summed E-state index contributed by atoms with van der Waals surface area (Å²) >= 11 is 5.59. The van der Waals surface area contributed by atoms with Gasteiger partial charge in [-0.25, -0.2) is 8.78 Å². The first-order valence-corrected chi connectivity index (χ1v) is 6.31. The molecule has 0 aliphatic rings. The van der Waals surface area contributed by atoms with Gasteiger partial charge in [-0.2, -0.15) is 5.26 Å². The summed E-state index contributed by atoms with van der Waals surface area (Å²) < 4.78 is 26.6. The lowest BCUT2D eigenvalue weighted by molar-refractivity contribution is 0.0950. The summed E-state index contributed by atoms with van der Waals surface area (Å²) in [6, 6.07) is 9.36. The molecule has 2 rings (SSSR count). The number of amides is 1. The number of hydrogen-bond acceptors (Lipinski definition) is 2. The molecule has 21 heavy (non-hydrogen) atoms. The molecule has 0 aliphatic carbocycles. The number of carbonyl (C=O) groups excluding carboxylic acids is 1. The summed E-state index contributed by atoms with van der Waals surface area (Å²) in [5, 5.41) is 11.0. The van der Waals surface area contributed by atoms with Crippen LogP contribution in [-0.4, -0.2) is 5.91 Å². The van der Waals surface area contributed by atoms with Crippen LogP contribution in [0.2, 0.25) is 5.02 Å². The van der Waals surface area contributed by atoms with E-state index in [-0.39, 0.29) is 28.3 Å². The van der Waals surface area contributed by atoms with Gasteiger partial charge in [0.2, 0.25) is 0 Å². The highest BCUT2D eigenvalue weighted by Crippen LogP contribution is 2.16. The van der Waals surface area contributed by atoms with Gasteiger partial charge in [-0.1, -0.05) is 17.7 Å². The molecule has 1 amide bonds. The van der Waals surface area contributed by atoms with Crippen LogP contribution in [0.15, 0.2) is 36.4 Å². The number of nitrogens with one attached hydrogen (secondary N) is 1. The molecule has 0 atom stereocenters. The Kier molecular flexibility index (Phi) is 4.51. The molecule has 0 saturated heterocycles. The minimum absolute atomic E-state index is 0.0502. The van der Waals surface area contributed by atoms with Crippen LogP contribution < -0.4 is 5.32 Å². The van der Waals surface area contributed by atoms with Gasteiger partial charge < -0.3 is 5.32 Å². The van der Waals surface area contributed by atoms with Crippen LogP contribution in [0, 0.1) is 23.0 Å². The van der Waals surface area contributed by atoms with Crippen molar-refractivity contribution < 1.29 is 13.6 Å². The zero-order valence-electron chi connectivity index (χ0n) is 10.7. The second-order valence-electron chi connectivity index (χ2n) is 4.23. The third-order valence-electron chi connectivity index (χ3n) is 2.80. The zero-order valence-corrected chi connectivity index (χ0v) is 11.4. The fourth-order valence-electron chi connectivity index (χ4n) is 1.68. The molecule has 2 aromatic carbocycles. The van der Waals surface area contributed by atoms with Gasteiger partial charge >= 0.3 is 0 Å². The maximum atomic E-state index is 13.6. The monoisotopic (exact) mass is 306 g/mol. The van der Waals surface area contributed by atoms with Crippen molar-refractivity contribution in [2.45, 2.75) is 6.54 Å². The summed E-state index contributed by atoms with van der Waals surface area (Å²) in [4.78, 5) is 11.8. The van der Waals surface area contributed by atoms with E-state index in [0.717, 1.165) is 12.1 Å². The van der Waals surface area contributed by atoms with Gasteiger partial charge in [-0.15, -0.1) is 0 Å². The average molecular weight is 307 g/mol. The Morgan fingerprint density at radius 1 is 1.19 bits per heavy atom. The molecule has 0 heterocycles. The Bertz CT molecular complexity index is 741. The topological polar surface area (TPSA) is 52.9 Å². The number of rotatable bonds is 3. The summed E-state index contributed by atoms with van der Waals surface area (Å²) in [6.07, 6.45) is 0. The second kappa shape index (κ2) is 6.33. The van der Waals surface area contributed by atoms with E-state index in [0.29, 0.717) is 0 Å². The highest BCUT2D eigenvalue weighted by molar-refractivity contribution is 6.31. The second-order valence-corrected chi connectivity index (χ2v) is 4.64. The lowest BCUT2D eigenvalue weighted by Gasteiger charge is -2.07. The largest absolute Gasteiger partial charge is 0.348 e. The molecule has 0 unspecified atom stereocenters. The molecule has 0 radical (unpaired) electrons. The Labute approximate surface area is 124 Å². The smallest absolute Gasteiger partial charge is 0.251 e. The van der Waals surface area contributed by atoms with E-state index in [1.807, 2.05) is 6.07 Å². The van der Waals surface area contributed by atoms with Gasteiger partial charge in [0.25, 0.3) is 5.91 Å². The molecule has 0 aliphatic heterocycles. The lowest BCUT2D eigenvalue weighted by Crippen LogP contribution is -2.23. The van der Waals surface area contributed by atoms with Crippen molar-refractivity contribution >= 4 is 17.5 Å². The van der Waals surface area contributed by atoms with E-state index in [2.05, 4.69) is 5.32 Å². The van der Waals surface area contributed by atoms with Crippen molar-refractivity contribution in [1.29, 1.82) is 5.26 Å². The molecule has 6 heteroatoms. The van der Waals surface area contributed by atoms with Gasteiger partial charge in [0, 0.05) is 17.7 Å². The SMILES string of the molecule is N#Cc1ccc(CNC(=O)c2ccc(F)c(Cl)c2)c(F)c1. The van der Waals surface area contributed by atoms with Crippen molar-refractivity contribution in [3.05, 3.63) is 69.7 Å². The zero-order chi connectivity index (χ0) is 15.4. The Hall–Kier alpha value is -2.45. The van der Waals surface area contributed by atoms with Crippen molar-refractivity contribution in [2.24, 2.45) is 0 Å². The summed E-state index contributed by atoms with van der Waals surface area (Å²) in [6.45, 7) is -0.0502. The molecule has 0 aromatic heterocycles. The normalized spacial score (nSPS) is 10.0. The molecule has 1 N–H and O–H groups in total. The van der Waals surface area contributed by atoms with E-state index < -0.39 is 17.5 Å². The van der Waals surface area contributed by atoms with Crippen LogP contribution in [0.1, 0.15) is 21.5 Å². The minimum Gasteiger partial charge on any atom is -0.348 e. The molecule has 3 nitrogen and oxygen atoms in total. The highest BCUT2D eigenvalue weighted by atomic mass is 35.5. The Balaban J connectivity index is 2.07. The summed E-state index contributed by atoms with van der Waals surface area (Å²) in [7, 11) is 0. The molecule has 2 aromatic rings. The number of benzene rings is 2. The van der Waals surface area contributed by atoms with E-state index in [1.165, 1.54) is 24.3 Å². The minimum atomic E-state index is -0.619. The van der Waals surface area contributed by atoms with Crippen molar-refractivity contribution in [2.75, 3.05) is 0 Å². The van der Waals surface area contributed by atoms with Gasteiger partial charge in [0.05, 0.1) is 16.7 Å². The molecule has 0 bridgehead atoms. The summed E-state index contributed by atoms with van der Waals surface area (Å²) in [5.41, 5.74) is 0.624. The first kappa shape index (κ1) is 14.9. The first-order valence-electron chi connectivity index (χ1n) is 5.93. The molecule has 0 saturated carbocycles. The van der Waals surface area contributed by atoms with Gasteiger partial charge in [-0.3, -0.25) is 4.79 Å². The van der Waals surface area contributed by atoms with Gasteiger partial charge in [0.1, 0.15) is 11.6 Å². The van der Waals surface area contributed by atoms with Crippen molar-refractivity contribution in [3.63, 3.8) is 0 Å². The van der Waals surface area contributed by atoms with E-state index >= 15 is 0 Å². The maximum Gasteiger partial charge on any atom is 0.251 e. The van der Waals surface area contributed by atoms with E-state index in [1.54, 1.807) is 0 Å². The predicted octanol–water partition coefficient (Wildman–Crippen LogP) is 3.42. The van der Waals surface area contributed by atoms with Crippen LogP contribution in [0.3, 0.4) is 0 Å². The molecular weight excluding hydrogens is 298 g/mol. The van der Waals surface area contributed by atoms with Gasteiger partial charge in [0.15, 0.2) is 0 Å². The van der Waals surface area contributed by atoms with Crippen LogP contribution >= 0.6 is 11.6 Å². The third kappa shape index (κ3) is 3.56. The van der Waals surface area contributed by atoms with Crippen molar-refractivity contribution in [3.8, 4) is 6.07 Å². The van der Waals surface area contributed by atoms with Gasteiger partial charge in [-0.05, 0) is 30.3 Å². The van der Waals surface area contributed by atoms with Crippen LogP contribution in [0.25, 0.3) is 0 Å². The Morgan fingerprint density at radius 3 is 2.57 bits per heavy atom. The third-order valence-corrected chi connectivity index (χ3v) is 3.09. The van der Waals surface area contributed by atoms with E-state index in [4.69, 9.17) is 16.9 Å². The maximum absolute atomic E-state index is 13.6. The number of nitriles is 1. The predicted molar refractivity (Wildman–Crippen MR) is 73.7 cm³/mol. The first-order chi connectivity index (χ1) is 10.0. The quantitative estimate of drug-likeness (QED) is 0.944. The fourth-order valence-corrected chi connectivity index (χ4v) is 1.86. The number of halogens is 3. The Morgan fingerprint density at radius 2 is 1.95 bits per heavy atom. The van der Waals surface area contributed by atoms with Crippen molar-refractivity contribution in [1.82, 2.24) is 5.32 Å². The summed E-state index contributed by atoms with van der Waals surface area (Å²) in [5.74, 6) is -1.70. The number of nitrogens with zero attached hydrogens (tertiary/aromatic N) is 1. The molecule has 0 fully saturated rings. The number of hydrogen-bond donors (Lipinski definition) is 1. The molecular formula is C15H9ClF2N2O. The number of carbonyl (C=O) groups is 1. The standard InChI is InChI=1S/C15H9ClF2N2O/c16-12-6-10(3-4-13(12)17)15(21)20-8-11-2-1-9(7-19)5-14(11)18/h1-6H,8H2,(H,20,21). The van der Waals surface area contributed by atoms with Crippen LogP contribution in [-0.2, 0) is 6.54 Å². The fraction of sp³-hybridized carbons (Fsp3) is 0.0667. The highest BCUT2D eigenvalue weighted by Gasteiger charge is 2.10.